The molecular formula is C15H25N3O2S. The zero-order valence-corrected chi connectivity index (χ0v) is 14.1. The van der Waals surface area contributed by atoms with Crippen molar-refractivity contribution in [3.8, 4) is 0 Å². The van der Waals surface area contributed by atoms with E-state index >= 15 is 0 Å². The number of nitrogens with two attached hydrogens (primary N) is 1. The number of hydrogen-bond donors (Lipinski definition) is 1. The normalized spacial score (nSPS) is 18.9. The molecule has 0 saturated carbocycles. The summed E-state index contributed by atoms with van der Waals surface area (Å²) in [6.45, 7) is 10.9. The number of aryl methyl sites for hydroxylation is 1. The van der Waals surface area contributed by atoms with Crippen molar-refractivity contribution in [3.05, 3.63) is 23.8 Å². The van der Waals surface area contributed by atoms with Gasteiger partial charge in [-0.1, -0.05) is 6.07 Å². The molecule has 2 rings (SSSR count). The van der Waals surface area contributed by atoms with Crippen LogP contribution >= 0.6 is 0 Å². The first-order chi connectivity index (χ1) is 9.62. The predicted octanol–water partition coefficient (Wildman–Crippen LogP) is 1.68. The molecule has 0 aliphatic carbocycles. The minimum Gasteiger partial charge on any atom is -0.398 e. The van der Waals surface area contributed by atoms with Crippen LogP contribution in [0.15, 0.2) is 23.1 Å². The first kappa shape index (κ1) is 16.3. The Morgan fingerprint density at radius 3 is 2.14 bits per heavy atom. The van der Waals surface area contributed by atoms with Crippen LogP contribution in [0.5, 0.6) is 0 Å². The molecule has 118 valence electrons. The molecule has 21 heavy (non-hydrogen) atoms. The van der Waals surface area contributed by atoms with Crippen LogP contribution in [0.4, 0.5) is 5.69 Å². The van der Waals surface area contributed by atoms with Crippen molar-refractivity contribution in [2.24, 2.45) is 0 Å². The van der Waals surface area contributed by atoms with Gasteiger partial charge in [0.1, 0.15) is 0 Å². The van der Waals surface area contributed by atoms with Crippen LogP contribution in [-0.4, -0.2) is 49.3 Å². The van der Waals surface area contributed by atoms with Crippen LogP contribution in [0, 0.1) is 6.92 Å². The van der Waals surface area contributed by atoms with Gasteiger partial charge in [0, 0.05) is 37.4 Å². The van der Waals surface area contributed by atoms with Crippen molar-refractivity contribution in [2.45, 2.75) is 38.1 Å². The molecule has 0 unspecified atom stereocenters. The average Bonchev–Trinajstić information content (AvgIpc) is 2.41. The van der Waals surface area contributed by atoms with Gasteiger partial charge in [0.2, 0.25) is 10.0 Å². The maximum Gasteiger partial charge on any atom is 0.243 e. The topological polar surface area (TPSA) is 66.6 Å². The smallest absolute Gasteiger partial charge is 0.243 e. The zero-order chi connectivity index (χ0) is 15.8. The summed E-state index contributed by atoms with van der Waals surface area (Å²) < 4.78 is 26.9. The van der Waals surface area contributed by atoms with E-state index in [4.69, 9.17) is 5.73 Å². The molecule has 1 aliphatic heterocycles. The molecule has 0 radical (unpaired) electrons. The van der Waals surface area contributed by atoms with Crippen LogP contribution in [0.2, 0.25) is 0 Å². The summed E-state index contributed by atoms with van der Waals surface area (Å²) >= 11 is 0. The molecule has 1 aromatic rings. The molecule has 1 aliphatic rings. The summed E-state index contributed by atoms with van der Waals surface area (Å²) in [5, 5.41) is 0. The number of benzene rings is 1. The highest BCUT2D eigenvalue weighted by molar-refractivity contribution is 7.89. The average molecular weight is 311 g/mol. The van der Waals surface area contributed by atoms with Gasteiger partial charge in [0.15, 0.2) is 0 Å². The molecule has 0 amide bonds. The molecule has 0 atom stereocenters. The molecule has 1 saturated heterocycles. The summed E-state index contributed by atoms with van der Waals surface area (Å²) in [5.74, 6) is 0. The lowest BCUT2D eigenvalue weighted by molar-refractivity contribution is 0.0922. The highest BCUT2D eigenvalue weighted by Gasteiger charge is 2.32. The third-order valence-electron chi connectivity index (χ3n) is 4.08. The molecule has 5 nitrogen and oxygen atoms in total. The molecule has 0 spiro atoms. The number of anilines is 1. The number of hydrogen-bond acceptors (Lipinski definition) is 4. The minimum absolute atomic E-state index is 0.0736. The molecular weight excluding hydrogens is 286 g/mol. The van der Waals surface area contributed by atoms with Gasteiger partial charge in [-0.2, -0.15) is 4.31 Å². The van der Waals surface area contributed by atoms with E-state index < -0.39 is 10.0 Å². The molecule has 1 aromatic carbocycles. The summed E-state index contributed by atoms with van der Waals surface area (Å²) in [5.41, 5.74) is 7.32. The number of rotatable bonds is 2. The Morgan fingerprint density at radius 2 is 1.67 bits per heavy atom. The van der Waals surface area contributed by atoms with Gasteiger partial charge in [-0.3, -0.25) is 4.90 Å². The van der Waals surface area contributed by atoms with E-state index in [1.165, 1.54) is 0 Å². The maximum absolute atomic E-state index is 12.7. The first-order valence-corrected chi connectivity index (χ1v) is 8.68. The Labute approximate surface area is 127 Å². The molecule has 1 heterocycles. The van der Waals surface area contributed by atoms with Crippen molar-refractivity contribution in [2.75, 3.05) is 31.9 Å². The van der Waals surface area contributed by atoms with E-state index in [2.05, 4.69) is 25.7 Å². The van der Waals surface area contributed by atoms with Crippen molar-refractivity contribution >= 4 is 15.7 Å². The summed E-state index contributed by atoms with van der Waals surface area (Å²) in [6, 6.07) is 4.95. The van der Waals surface area contributed by atoms with Crippen LogP contribution in [0.25, 0.3) is 0 Å². The summed E-state index contributed by atoms with van der Waals surface area (Å²) in [7, 11) is -3.44. The van der Waals surface area contributed by atoms with Crippen LogP contribution in [0.1, 0.15) is 26.3 Å². The molecule has 1 fully saturated rings. The Kier molecular flexibility index (Phi) is 4.33. The Bertz CT molecular complexity index is 612. The molecule has 2 N–H and O–H groups in total. The van der Waals surface area contributed by atoms with Gasteiger partial charge >= 0.3 is 0 Å². The Morgan fingerprint density at radius 1 is 1.10 bits per heavy atom. The van der Waals surface area contributed by atoms with E-state index in [0.29, 0.717) is 18.8 Å². The van der Waals surface area contributed by atoms with Crippen molar-refractivity contribution < 1.29 is 8.42 Å². The molecule has 0 aromatic heterocycles. The number of piperazine rings is 1. The second kappa shape index (κ2) is 5.59. The van der Waals surface area contributed by atoms with E-state index in [1.54, 1.807) is 22.5 Å². The fourth-order valence-electron chi connectivity index (χ4n) is 2.53. The van der Waals surface area contributed by atoms with E-state index in [9.17, 15) is 8.42 Å². The van der Waals surface area contributed by atoms with E-state index in [0.717, 1.165) is 18.7 Å². The maximum atomic E-state index is 12.7. The highest BCUT2D eigenvalue weighted by Crippen LogP contribution is 2.23. The standard InChI is InChI=1S/C15H25N3O2S/c1-12-5-6-13(11-14(12)16)21(19,20)18-9-7-17(8-10-18)15(2,3)4/h5-6,11H,7-10,16H2,1-4H3. The van der Waals surface area contributed by atoms with Gasteiger partial charge in [-0.25, -0.2) is 8.42 Å². The third kappa shape index (κ3) is 3.39. The lowest BCUT2D eigenvalue weighted by Gasteiger charge is -2.41. The van der Waals surface area contributed by atoms with E-state index in [1.807, 2.05) is 6.92 Å². The fourth-order valence-corrected chi connectivity index (χ4v) is 3.99. The van der Waals surface area contributed by atoms with Crippen molar-refractivity contribution in [1.82, 2.24) is 9.21 Å². The van der Waals surface area contributed by atoms with Crippen LogP contribution in [0.3, 0.4) is 0 Å². The number of sulfonamides is 1. The van der Waals surface area contributed by atoms with Crippen molar-refractivity contribution in [1.29, 1.82) is 0 Å². The van der Waals surface area contributed by atoms with Crippen molar-refractivity contribution in [3.63, 3.8) is 0 Å². The lowest BCUT2D eigenvalue weighted by atomic mass is 10.1. The zero-order valence-electron chi connectivity index (χ0n) is 13.3. The van der Waals surface area contributed by atoms with E-state index in [-0.39, 0.29) is 10.4 Å². The number of nitrogens with zero attached hydrogens (tertiary/aromatic N) is 2. The quantitative estimate of drug-likeness (QED) is 0.844. The fraction of sp³-hybridized carbons (Fsp3) is 0.600. The van der Waals surface area contributed by atoms with Gasteiger partial charge in [-0.15, -0.1) is 0 Å². The molecule has 6 heteroatoms. The molecule has 0 bridgehead atoms. The first-order valence-electron chi connectivity index (χ1n) is 7.24. The number of nitrogen functional groups attached to an aromatic ring is 1. The Balaban J connectivity index is 2.17. The third-order valence-corrected chi connectivity index (χ3v) is 5.97. The van der Waals surface area contributed by atoms with Crippen LogP contribution in [-0.2, 0) is 10.0 Å². The summed E-state index contributed by atoms with van der Waals surface area (Å²) in [4.78, 5) is 2.59. The second-order valence-corrected chi connectivity index (χ2v) is 8.52. The Hall–Kier alpha value is -1.11. The summed E-state index contributed by atoms with van der Waals surface area (Å²) in [6.07, 6.45) is 0. The van der Waals surface area contributed by atoms with Crippen LogP contribution < -0.4 is 5.73 Å². The predicted molar refractivity (Wildman–Crippen MR) is 85.7 cm³/mol. The monoisotopic (exact) mass is 311 g/mol. The van der Waals surface area contributed by atoms with Gasteiger partial charge < -0.3 is 5.73 Å². The largest absolute Gasteiger partial charge is 0.398 e. The SMILES string of the molecule is Cc1ccc(S(=O)(=O)N2CCN(C(C)(C)C)CC2)cc1N. The second-order valence-electron chi connectivity index (χ2n) is 6.58. The highest BCUT2D eigenvalue weighted by atomic mass is 32.2. The van der Waals surface area contributed by atoms with Gasteiger partial charge in [0.05, 0.1) is 4.90 Å². The minimum atomic E-state index is -3.44. The van der Waals surface area contributed by atoms with Gasteiger partial charge in [-0.05, 0) is 45.4 Å². The lowest BCUT2D eigenvalue weighted by Crippen LogP contribution is -2.54. The van der Waals surface area contributed by atoms with Gasteiger partial charge in [0.25, 0.3) is 0 Å².